The molecule has 0 aromatic heterocycles. The summed E-state index contributed by atoms with van der Waals surface area (Å²) in [7, 11) is 1.79. The molecule has 2 aliphatic rings. The van der Waals surface area contributed by atoms with Crippen LogP contribution in [0.4, 0.5) is 4.39 Å². The molecule has 0 unspecified atom stereocenters. The van der Waals surface area contributed by atoms with Gasteiger partial charge in [0.25, 0.3) is 0 Å². The smallest absolute Gasteiger partial charge is 0.314 e. The zero-order chi connectivity index (χ0) is 17.6. The summed E-state index contributed by atoms with van der Waals surface area (Å²) in [5.41, 5.74) is 0. The molecule has 0 radical (unpaired) electrons. The highest BCUT2D eigenvalue weighted by atomic mass is 19.1. The largest absolute Gasteiger partial charge is 0.426 e. The molecule has 1 aromatic carbocycles. The molecule has 1 aromatic rings. The quantitative estimate of drug-likeness (QED) is 0.555. The number of hydrogen-bond donors (Lipinski definition) is 0. The van der Waals surface area contributed by atoms with E-state index in [1.165, 1.54) is 49.9 Å². The number of methoxy groups -OCH3 is 1. The number of carbonyl (C=O) groups excluding carboxylic acids is 1. The highest BCUT2D eigenvalue weighted by Gasteiger charge is 2.33. The van der Waals surface area contributed by atoms with Gasteiger partial charge in [-0.1, -0.05) is 0 Å². The summed E-state index contributed by atoms with van der Waals surface area (Å²) < 4.78 is 23.6. The number of rotatable bonds is 5. The summed E-state index contributed by atoms with van der Waals surface area (Å²) in [6.45, 7) is 0.898. The van der Waals surface area contributed by atoms with Crippen molar-refractivity contribution >= 4 is 5.97 Å². The van der Waals surface area contributed by atoms with E-state index in [1.807, 2.05) is 0 Å². The fourth-order valence-corrected chi connectivity index (χ4v) is 4.59. The summed E-state index contributed by atoms with van der Waals surface area (Å²) >= 11 is 0. The summed E-state index contributed by atoms with van der Waals surface area (Å²) in [4.78, 5) is 12.3. The fourth-order valence-electron chi connectivity index (χ4n) is 4.59. The fraction of sp³-hybridized carbons (Fsp3) is 0.667. The van der Waals surface area contributed by atoms with Gasteiger partial charge in [-0.25, -0.2) is 4.39 Å². The number of carbonyl (C=O) groups is 1. The van der Waals surface area contributed by atoms with Gasteiger partial charge >= 0.3 is 5.97 Å². The molecule has 0 heterocycles. The van der Waals surface area contributed by atoms with Crippen LogP contribution in [0, 0.1) is 29.5 Å². The monoisotopic (exact) mass is 348 g/mol. The molecular weight excluding hydrogens is 319 g/mol. The van der Waals surface area contributed by atoms with Crippen molar-refractivity contribution < 1.29 is 18.7 Å². The number of halogens is 1. The molecule has 0 saturated heterocycles. The van der Waals surface area contributed by atoms with Gasteiger partial charge in [-0.15, -0.1) is 0 Å². The van der Waals surface area contributed by atoms with E-state index in [9.17, 15) is 9.18 Å². The van der Waals surface area contributed by atoms with Crippen molar-refractivity contribution in [1.82, 2.24) is 0 Å². The van der Waals surface area contributed by atoms with Crippen molar-refractivity contribution in [2.75, 3.05) is 13.7 Å². The van der Waals surface area contributed by atoms with E-state index in [-0.39, 0.29) is 17.7 Å². The molecule has 2 aliphatic carbocycles. The normalized spacial score (nSPS) is 30.0. The van der Waals surface area contributed by atoms with Crippen LogP contribution in [0.3, 0.4) is 0 Å². The third-order valence-corrected chi connectivity index (χ3v) is 6.10. The lowest BCUT2D eigenvalue weighted by Crippen LogP contribution is -2.30. The molecule has 138 valence electrons. The highest BCUT2D eigenvalue weighted by Crippen LogP contribution is 2.41. The second-order valence-corrected chi connectivity index (χ2v) is 7.72. The molecule has 0 N–H and O–H groups in total. The van der Waals surface area contributed by atoms with Crippen LogP contribution < -0.4 is 4.74 Å². The molecule has 4 heteroatoms. The maximum absolute atomic E-state index is 12.9. The average molecular weight is 348 g/mol. The van der Waals surface area contributed by atoms with Crippen molar-refractivity contribution in [3.05, 3.63) is 30.1 Å². The summed E-state index contributed by atoms with van der Waals surface area (Å²) in [6.07, 6.45) is 9.28. The number of hydrogen-bond acceptors (Lipinski definition) is 3. The van der Waals surface area contributed by atoms with Gasteiger partial charge in [0.2, 0.25) is 0 Å². The molecule has 25 heavy (non-hydrogen) atoms. The molecule has 0 atom stereocenters. The Hall–Kier alpha value is -1.42. The maximum atomic E-state index is 12.9. The predicted octanol–water partition coefficient (Wildman–Crippen LogP) is 4.99. The van der Waals surface area contributed by atoms with Crippen LogP contribution in [-0.2, 0) is 9.53 Å². The zero-order valence-electron chi connectivity index (χ0n) is 15.1. The first-order valence-corrected chi connectivity index (χ1v) is 9.62. The van der Waals surface area contributed by atoms with Crippen LogP contribution in [-0.4, -0.2) is 19.7 Å². The molecule has 0 aliphatic heterocycles. The predicted molar refractivity (Wildman–Crippen MR) is 94.8 cm³/mol. The second-order valence-electron chi connectivity index (χ2n) is 7.72. The van der Waals surface area contributed by atoms with Gasteiger partial charge in [-0.2, -0.15) is 0 Å². The molecule has 0 bridgehead atoms. The first-order valence-electron chi connectivity index (χ1n) is 9.62. The molecule has 2 fully saturated rings. The first-order chi connectivity index (χ1) is 12.2. The van der Waals surface area contributed by atoms with E-state index in [2.05, 4.69) is 0 Å². The van der Waals surface area contributed by atoms with Crippen LogP contribution in [0.5, 0.6) is 5.75 Å². The van der Waals surface area contributed by atoms with Crippen molar-refractivity contribution in [1.29, 1.82) is 0 Å². The Morgan fingerprint density at radius 1 is 0.960 bits per heavy atom. The van der Waals surface area contributed by atoms with Crippen LogP contribution in [0.1, 0.15) is 51.4 Å². The minimum Gasteiger partial charge on any atom is -0.426 e. The van der Waals surface area contributed by atoms with E-state index in [4.69, 9.17) is 9.47 Å². The summed E-state index contributed by atoms with van der Waals surface area (Å²) in [5.74, 6) is 2.27. The Balaban J connectivity index is 1.42. The number of ether oxygens (including phenoxy) is 2. The van der Waals surface area contributed by atoms with Crippen molar-refractivity contribution in [2.45, 2.75) is 51.4 Å². The molecule has 0 amide bonds. The topological polar surface area (TPSA) is 35.5 Å². The molecule has 3 rings (SSSR count). The van der Waals surface area contributed by atoms with Gasteiger partial charge < -0.3 is 9.47 Å². The van der Waals surface area contributed by atoms with E-state index in [1.54, 1.807) is 7.11 Å². The third-order valence-electron chi connectivity index (χ3n) is 6.10. The molecule has 2 saturated carbocycles. The van der Waals surface area contributed by atoms with Gasteiger partial charge in [-0.05, 0) is 93.4 Å². The zero-order valence-corrected chi connectivity index (χ0v) is 15.1. The van der Waals surface area contributed by atoms with Gasteiger partial charge in [-0.3, -0.25) is 4.79 Å². The highest BCUT2D eigenvalue weighted by molar-refractivity contribution is 5.75. The lowest BCUT2D eigenvalue weighted by molar-refractivity contribution is -0.140. The Morgan fingerprint density at radius 2 is 1.52 bits per heavy atom. The van der Waals surface area contributed by atoms with Gasteiger partial charge in [0.1, 0.15) is 11.6 Å². The lowest BCUT2D eigenvalue weighted by Gasteiger charge is -2.37. The van der Waals surface area contributed by atoms with E-state index < -0.39 is 0 Å². The number of esters is 1. The Kier molecular flexibility index (Phi) is 6.46. The molecular formula is C21H29FO3. The van der Waals surface area contributed by atoms with Gasteiger partial charge in [0.15, 0.2) is 0 Å². The van der Waals surface area contributed by atoms with Crippen molar-refractivity contribution in [2.24, 2.45) is 23.7 Å². The van der Waals surface area contributed by atoms with Crippen LogP contribution >= 0.6 is 0 Å². The minimum atomic E-state index is -0.319. The van der Waals surface area contributed by atoms with Crippen molar-refractivity contribution in [3.8, 4) is 5.75 Å². The standard InChI is InChI=1S/C21H29FO3/c1-24-14-15-2-4-16(5-3-15)17-6-8-18(9-7-17)21(23)25-20-12-10-19(22)11-13-20/h10-13,15-18H,2-9,14H2,1H3/t15?,16?,17-,18-. The molecule has 0 spiro atoms. The van der Waals surface area contributed by atoms with Crippen LogP contribution in [0.2, 0.25) is 0 Å². The van der Waals surface area contributed by atoms with E-state index in [0.29, 0.717) is 5.75 Å². The number of benzene rings is 1. The lowest BCUT2D eigenvalue weighted by atomic mass is 9.69. The van der Waals surface area contributed by atoms with Crippen LogP contribution in [0.25, 0.3) is 0 Å². The average Bonchev–Trinajstić information content (AvgIpc) is 2.65. The van der Waals surface area contributed by atoms with Gasteiger partial charge in [0.05, 0.1) is 5.92 Å². The van der Waals surface area contributed by atoms with E-state index in [0.717, 1.165) is 50.0 Å². The third kappa shape index (κ3) is 5.04. The van der Waals surface area contributed by atoms with Crippen LogP contribution in [0.15, 0.2) is 24.3 Å². The van der Waals surface area contributed by atoms with Crippen molar-refractivity contribution in [3.63, 3.8) is 0 Å². The maximum Gasteiger partial charge on any atom is 0.314 e. The van der Waals surface area contributed by atoms with Gasteiger partial charge in [0, 0.05) is 13.7 Å². The SMILES string of the molecule is COCC1CCC([C@H]2CC[C@H](C(=O)Oc3ccc(F)cc3)CC2)CC1. The summed E-state index contributed by atoms with van der Waals surface area (Å²) in [6, 6.07) is 5.66. The minimum absolute atomic E-state index is 0.00821. The Labute approximate surface area is 149 Å². The Bertz CT molecular complexity index is 541. The van der Waals surface area contributed by atoms with E-state index >= 15 is 0 Å². The summed E-state index contributed by atoms with van der Waals surface area (Å²) in [5, 5.41) is 0. The molecule has 3 nitrogen and oxygen atoms in total. The first kappa shape index (κ1) is 18.4. The second kappa shape index (κ2) is 8.79. The Morgan fingerprint density at radius 3 is 2.08 bits per heavy atom.